The summed E-state index contributed by atoms with van der Waals surface area (Å²) in [6.07, 6.45) is 0. The van der Waals surface area contributed by atoms with Gasteiger partial charge < -0.3 is 10.6 Å². The molecule has 0 heterocycles. The number of nitrogens with one attached hydrogen (secondary N) is 2. The molecule has 1 aliphatic carbocycles. The molecule has 4 heteroatoms. The average Bonchev–Trinajstić information content (AvgIpc) is 2.82. The van der Waals surface area contributed by atoms with Gasteiger partial charge in [0, 0.05) is 22.5 Å². The zero-order chi connectivity index (χ0) is 24.0. The number of carbonyl (C=O) groups excluding carboxylic acids is 2. The van der Waals surface area contributed by atoms with E-state index in [9.17, 15) is 9.59 Å². The average molecular weight is 447 g/mol. The van der Waals surface area contributed by atoms with Crippen molar-refractivity contribution in [2.45, 2.75) is 27.7 Å². The highest BCUT2D eigenvalue weighted by molar-refractivity contribution is 6.32. The van der Waals surface area contributed by atoms with E-state index in [0.717, 1.165) is 33.6 Å². The lowest BCUT2D eigenvalue weighted by molar-refractivity contribution is 0.0980. The van der Waals surface area contributed by atoms with Crippen molar-refractivity contribution in [3.05, 3.63) is 117 Å². The van der Waals surface area contributed by atoms with Crippen LogP contribution in [0.5, 0.6) is 0 Å². The molecule has 0 saturated carbocycles. The van der Waals surface area contributed by atoms with Crippen LogP contribution in [0.25, 0.3) is 0 Å². The molecule has 0 bridgehead atoms. The van der Waals surface area contributed by atoms with E-state index in [2.05, 4.69) is 10.6 Å². The van der Waals surface area contributed by atoms with Gasteiger partial charge >= 0.3 is 0 Å². The summed E-state index contributed by atoms with van der Waals surface area (Å²) >= 11 is 0. The lowest BCUT2D eigenvalue weighted by Gasteiger charge is -2.24. The fourth-order valence-corrected chi connectivity index (χ4v) is 4.74. The van der Waals surface area contributed by atoms with E-state index in [1.165, 1.54) is 0 Å². The van der Waals surface area contributed by atoms with E-state index < -0.39 is 0 Å². The quantitative estimate of drug-likeness (QED) is 0.307. The third kappa shape index (κ3) is 3.48. The summed E-state index contributed by atoms with van der Waals surface area (Å²) in [4.78, 5) is 27.5. The van der Waals surface area contributed by atoms with Gasteiger partial charge in [-0.2, -0.15) is 0 Å². The van der Waals surface area contributed by atoms with Gasteiger partial charge in [-0.05, 0) is 62.1 Å². The Morgan fingerprint density at radius 2 is 0.824 bits per heavy atom. The molecule has 0 amide bonds. The molecule has 2 N–H and O–H groups in total. The van der Waals surface area contributed by atoms with Crippen molar-refractivity contribution in [3.63, 3.8) is 0 Å². The molecule has 4 aromatic rings. The van der Waals surface area contributed by atoms with E-state index in [1.54, 1.807) is 12.1 Å². The molecule has 4 aromatic carbocycles. The molecule has 5 rings (SSSR count). The fourth-order valence-electron chi connectivity index (χ4n) is 4.74. The number of fused-ring (bicyclic) bond motifs is 2. The van der Waals surface area contributed by atoms with Crippen molar-refractivity contribution in [2.24, 2.45) is 0 Å². The molecule has 0 spiro atoms. The van der Waals surface area contributed by atoms with E-state index >= 15 is 0 Å². The van der Waals surface area contributed by atoms with Crippen LogP contribution >= 0.6 is 0 Å². The minimum absolute atomic E-state index is 0.139. The van der Waals surface area contributed by atoms with Gasteiger partial charge in [0.05, 0.1) is 22.5 Å². The number of carbonyl (C=O) groups is 2. The highest BCUT2D eigenvalue weighted by Gasteiger charge is 2.34. The summed E-state index contributed by atoms with van der Waals surface area (Å²) in [6, 6.07) is 23.0. The zero-order valence-corrected chi connectivity index (χ0v) is 19.7. The van der Waals surface area contributed by atoms with Crippen molar-refractivity contribution >= 4 is 34.3 Å². The Morgan fingerprint density at radius 3 is 1.21 bits per heavy atom. The topological polar surface area (TPSA) is 58.2 Å². The predicted molar refractivity (Wildman–Crippen MR) is 138 cm³/mol. The van der Waals surface area contributed by atoms with Crippen molar-refractivity contribution in [1.29, 1.82) is 0 Å². The summed E-state index contributed by atoms with van der Waals surface area (Å²) in [5.41, 5.74) is 9.16. The van der Waals surface area contributed by atoms with Crippen LogP contribution < -0.4 is 10.6 Å². The Bertz CT molecular complexity index is 1330. The van der Waals surface area contributed by atoms with Crippen LogP contribution in [0.4, 0.5) is 22.7 Å². The summed E-state index contributed by atoms with van der Waals surface area (Å²) in [5, 5.41) is 6.89. The highest BCUT2D eigenvalue weighted by atomic mass is 16.1. The van der Waals surface area contributed by atoms with Gasteiger partial charge in [0.15, 0.2) is 11.6 Å². The minimum atomic E-state index is -0.159. The second-order valence-corrected chi connectivity index (χ2v) is 8.90. The van der Waals surface area contributed by atoms with Crippen LogP contribution in [0.2, 0.25) is 0 Å². The summed E-state index contributed by atoms with van der Waals surface area (Å²) < 4.78 is 0. The van der Waals surface area contributed by atoms with Gasteiger partial charge in [0.25, 0.3) is 0 Å². The van der Waals surface area contributed by atoms with Gasteiger partial charge in [0.1, 0.15) is 0 Å². The molecule has 168 valence electrons. The van der Waals surface area contributed by atoms with Crippen molar-refractivity contribution in [1.82, 2.24) is 0 Å². The maximum Gasteiger partial charge on any atom is 0.198 e. The molecule has 34 heavy (non-hydrogen) atoms. The standard InChI is InChI=1S/C30H26N2O2/c1-17-9-5-10-18(2)27(17)31-23-15-7-13-21-25(23)30(34)26-22(29(21)33)14-8-16-24(26)32-28-19(3)11-6-12-20(28)4/h5-16,31-32H,1-4H3. The molecule has 4 nitrogen and oxygen atoms in total. The largest absolute Gasteiger partial charge is 0.354 e. The third-order valence-corrected chi connectivity index (χ3v) is 6.55. The molecule has 1 aliphatic rings. The molecule has 0 unspecified atom stereocenters. The molecule has 0 atom stereocenters. The van der Waals surface area contributed by atoms with E-state index in [0.29, 0.717) is 33.6 Å². The zero-order valence-electron chi connectivity index (χ0n) is 19.7. The van der Waals surface area contributed by atoms with Gasteiger partial charge in [-0.15, -0.1) is 0 Å². The first-order valence-electron chi connectivity index (χ1n) is 11.4. The third-order valence-electron chi connectivity index (χ3n) is 6.55. The molecule has 0 aliphatic heterocycles. The first-order valence-corrected chi connectivity index (χ1v) is 11.4. The van der Waals surface area contributed by atoms with Crippen LogP contribution in [-0.2, 0) is 0 Å². The van der Waals surface area contributed by atoms with Crippen molar-refractivity contribution < 1.29 is 9.59 Å². The van der Waals surface area contributed by atoms with Crippen LogP contribution in [0.15, 0.2) is 72.8 Å². The second kappa shape index (κ2) is 8.31. The second-order valence-electron chi connectivity index (χ2n) is 8.90. The number of ketones is 2. The number of hydrogen-bond acceptors (Lipinski definition) is 4. The maximum atomic E-state index is 14.0. The number of rotatable bonds is 4. The van der Waals surface area contributed by atoms with Crippen molar-refractivity contribution in [3.8, 4) is 0 Å². The Balaban J connectivity index is 1.64. The number of aryl methyl sites for hydroxylation is 4. The van der Waals surface area contributed by atoms with Crippen molar-refractivity contribution in [2.75, 3.05) is 10.6 Å². The Kier molecular flexibility index (Phi) is 5.29. The van der Waals surface area contributed by atoms with Crippen LogP contribution in [0, 0.1) is 27.7 Å². The normalized spacial score (nSPS) is 12.2. The Hall–Kier alpha value is -4.18. The lowest BCUT2D eigenvalue weighted by Crippen LogP contribution is -2.23. The molecule has 0 fully saturated rings. The Labute approximate surface area is 199 Å². The SMILES string of the molecule is Cc1cccc(C)c1Nc1cccc2c1C(=O)c1c(Nc3c(C)cccc3C)cccc1C2=O. The van der Waals surface area contributed by atoms with E-state index in [1.807, 2.05) is 88.4 Å². The van der Waals surface area contributed by atoms with Crippen LogP contribution in [0.3, 0.4) is 0 Å². The number of anilines is 4. The van der Waals surface area contributed by atoms with Gasteiger partial charge in [-0.25, -0.2) is 0 Å². The highest BCUT2D eigenvalue weighted by Crippen LogP contribution is 2.38. The maximum absolute atomic E-state index is 14.0. The molecule has 0 saturated heterocycles. The lowest BCUT2D eigenvalue weighted by atomic mass is 9.82. The predicted octanol–water partition coefficient (Wildman–Crippen LogP) is 7.18. The van der Waals surface area contributed by atoms with Crippen LogP contribution in [0.1, 0.15) is 54.1 Å². The van der Waals surface area contributed by atoms with E-state index in [-0.39, 0.29) is 11.6 Å². The minimum Gasteiger partial charge on any atom is -0.354 e. The first kappa shape index (κ1) is 21.7. The molecular formula is C30H26N2O2. The number of hydrogen-bond donors (Lipinski definition) is 2. The monoisotopic (exact) mass is 446 g/mol. The first-order chi connectivity index (χ1) is 16.4. The smallest absolute Gasteiger partial charge is 0.198 e. The van der Waals surface area contributed by atoms with E-state index in [4.69, 9.17) is 0 Å². The van der Waals surface area contributed by atoms with Gasteiger partial charge in [-0.1, -0.05) is 60.7 Å². The molecule has 0 radical (unpaired) electrons. The summed E-state index contributed by atoms with van der Waals surface area (Å²) in [7, 11) is 0. The van der Waals surface area contributed by atoms with Gasteiger partial charge in [-0.3, -0.25) is 9.59 Å². The number of benzene rings is 4. The Morgan fingerprint density at radius 1 is 0.471 bits per heavy atom. The van der Waals surface area contributed by atoms with Crippen LogP contribution in [-0.4, -0.2) is 11.6 Å². The number of para-hydroxylation sites is 2. The summed E-state index contributed by atoms with van der Waals surface area (Å²) in [5.74, 6) is -0.298. The summed E-state index contributed by atoms with van der Waals surface area (Å²) in [6.45, 7) is 8.11. The fraction of sp³-hybridized carbons (Fsp3) is 0.133. The molecular weight excluding hydrogens is 420 g/mol. The van der Waals surface area contributed by atoms with Gasteiger partial charge in [0.2, 0.25) is 0 Å². The molecule has 0 aromatic heterocycles.